The van der Waals surface area contributed by atoms with Crippen LogP contribution in [0.1, 0.15) is 63.4 Å². The molecule has 3 saturated heterocycles. The van der Waals surface area contributed by atoms with Crippen molar-refractivity contribution >= 4 is 23.2 Å². The SMILES string of the molecule is O=C1CCCN1c1ccc(N2CCCC3(CCN([C@H]4CC[C@H](O)CC4)C3=O)C2)c(C(F)(F)F)c1. The van der Waals surface area contributed by atoms with E-state index in [0.717, 1.165) is 18.9 Å². The zero-order valence-electron chi connectivity index (χ0n) is 19.3. The lowest BCUT2D eigenvalue weighted by Crippen LogP contribution is -2.50. The topological polar surface area (TPSA) is 64.1 Å². The summed E-state index contributed by atoms with van der Waals surface area (Å²) in [6.45, 7) is 1.82. The summed E-state index contributed by atoms with van der Waals surface area (Å²) in [6.07, 6.45) is 1.09. The second kappa shape index (κ2) is 8.73. The number of halogens is 3. The van der Waals surface area contributed by atoms with Crippen molar-refractivity contribution in [2.75, 3.05) is 36.0 Å². The smallest absolute Gasteiger partial charge is 0.393 e. The summed E-state index contributed by atoms with van der Waals surface area (Å²) >= 11 is 0. The van der Waals surface area contributed by atoms with E-state index in [1.54, 1.807) is 11.0 Å². The fourth-order valence-corrected chi connectivity index (χ4v) is 6.40. The number of aliphatic hydroxyl groups excluding tert-OH is 1. The van der Waals surface area contributed by atoms with Crippen LogP contribution in [0, 0.1) is 5.41 Å². The van der Waals surface area contributed by atoms with Gasteiger partial charge in [-0.3, -0.25) is 9.59 Å². The van der Waals surface area contributed by atoms with Gasteiger partial charge < -0.3 is 19.8 Å². The minimum atomic E-state index is -4.56. The van der Waals surface area contributed by atoms with Gasteiger partial charge in [-0.05, 0) is 69.6 Å². The lowest BCUT2D eigenvalue weighted by molar-refractivity contribution is -0.139. The Morgan fingerprint density at radius 2 is 1.74 bits per heavy atom. The number of likely N-dealkylation sites (tertiary alicyclic amines) is 1. The average Bonchev–Trinajstić information content (AvgIpc) is 3.37. The van der Waals surface area contributed by atoms with E-state index in [9.17, 15) is 27.9 Å². The van der Waals surface area contributed by atoms with E-state index >= 15 is 0 Å². The Bertz CT molecular complexity index is 960. The number of aliphatic hydroxyl groups is 1. The minimum Gasteiger partial charge on any atom is -0.393 e. The van der Waals surface area contributed by atoms with Crippen LogP contribution in [0.3, 0.4) is 0 Å². The molecule has 186 valence electrons. The van der Waals surface area contributed by atoms with Crippen LogP contribution in [-0.2, 0) is 15.8 Å². The normalized spacial score (nSPS) is 30.6. The van der Waals surface area contributed by atoms with E-state index < -0.39 is 17.2 Å². The molecule has 3 aliphatic heterocycles. The molecule has 4 fully saturated rings. The lowest BCUT2D eigenvalue weighted by atomic mass is 9.78. The maximum Gasteiger partial charge on any atom is 0.418 e. The molecule has 0 radical (unpaired) electrons. The van der Waals surface area contributed by atoms with Crippen LogP contribution >= 0.6 is 0 Å². The van der Waals surface area contributed by atoms with Gasteiger partial charge in [0.2, 0.25) is 11.8 Å². The van der Waals surface area contributed by atoms with Crippen LogP contribution in [0.4, 0.5) is 24.5 Å². The Hall–Kier alpha value is -2.29. The number of piperidine rings is 1. The summed E-state index contributed by atoms with van der Waals surface area (Å²) < 4.78 is 42.4. The van der Waals surface area contributed by atoms with Gasteiger partial charge in [0, 0.05) is 50.0 Å². The molecule has 5 rings (SSSR count). The van der Waals surface area contributed by atoms with Crippen molar-refractivity contribution in [1.82, 2.24) is 4.90 Å². The van der Waals surface area contributed by atoms with Gasteiger partial charge in [-0.2, -0.15) is 13.2 Å². The molecule has 1 aliphatic carbocycles. The first-order valence-electron chi connectivity index (χ1n) is 12.4. The highest BCUT2D eigenvalue weighted by atomic mass is 19.4. The molecule has 1 saturated carbocycles. The van der Waals surface area contributed by atoms with Gasteiger partial charge >= 0.3 is 6.18 Å². The molecule has 9 heteroatoms. The molecule has 34 heavy (non-hydrogen) atoms. The standard InChI is InChI=1S/C25H32F3N3O3/c26-25(27,28)20-15-18(30-13-1-3-22(30)33)6-9-21(20)29-12-2-10-24(16-29)11-14-31(23(24)34)17-4-7-19(32)8-5-17/h6,9,15,17,19,32H,1-5,7-8,10-14,16H2/t17-,19-,24?. The van der Waals surface area contributed by atoms with Gasteiger partial charge in [-0.1, -0.05) is 0 Å². The van der Waals surface area contributed by atoms with Crippen molar-refractivity contribution in [2.24, 2.45) is 5.41 Å². The molecular weight excluding hydrogens is 447 g/mol. The molecule has 1 atom stereocenters. The number of carbonyl (C=O) groups is 2. The molecule has 1 spiro atoms. The van der Waals surface area contributed by atoms with Gasteiger partial charge in [0.25, 0.3) is 0 Å². The predicted octanol–water partition coefficient (Wildman–Crippen LogP) is 3.95. The summed E-state index contributed by atoms with van der Waals surface area (Å²) in [7, 11) is 0. The zero-order valence-corrected chi connectivity index (χ0v) is 19.3. The summed E-state index contributed by atoms with van der Waals surface area (Å²) in [6, 6.07) is 4.29. The summed E-state index contributed by atoms with van der Waals surface area (Å²) in [5, 5.41) is 9.81. The number of alkyl halides is 3. The second-order valence-electron chi connectivity index (χ2n) is 10.4. The van der Waals surface area contributed by atoms with Crippen LogP contribution in [0.25, 0.3) is 0 Å². The quantitative estimate of drug-likeness (QED) is 0.713. The molecule has 1 N–H and O–H groups in total. The molecule has 1 unspecified atom stereocenters. The first kappa shape index (κ1) is 23.5. The third-order valence-corrected chi connectivity index (χ3v) is 8.24. The Kier molecular flexibility index (Phi) is 6.02. The van der Waals surface area contributed by atoms with Crippen LogP contribution in [0.5, 0.6) is 0 Å². The maximum absolute atomic E-state index is 14.1. The Morgan fingerprint density at radius 1 is 0.971 bits per heavy atom. The number of anilines is 2. The number of rotatable bonds is 3. The minimum absolute atomic E-state index is 0.0615. The fraction of sp³-hybridized carbons (Fsp3) is 0.680. The molecule has 1 aromatic rings. The van der Waals surface area contributed by atoms with Crippen molar-refractivity contribution in [3.05, 3.63) is 23.8 Å². The highest BCUT2D eigenvalue weighted by Gasteiger charge is 2.51. The van der Waals surface area contributed by atoms with Gasteiger partial charge in [-0.15, -0.1) is 0 Å². The van der Waals surface area contributed by atoms with Crippen LogP contribution < -0.4 is 9.80 Å². The second-order valence-corrected chi connectivity index (χ2v) is 10.4. The van der Waals surface area contributed by atoms with Gasteiger partial charge in [0.15, 0.2) is 0 Å². The van der Waals surface area contributed by atoms with Crippen LogP contribution in [0.15, 0.2) is 18.2 Å². The maximum atomic E-state index is 14.1. The van der Waals surface area contributed by atoms with Crippen molar-refractivity contribution < 1.29 is 27.9 Å². The number of hydrogen-bond acceptors (Lipinski definition) is 4. The third kappa shape index (κ3) is 4.16. The largest absolute Gasteiger partial charge is 0.418 e. The van der Waals surface area contributed by atoms with Crippen LogP contribution in [-0.4, -0.2) is 60.1 Å². The monoisotopic (exact) mass is 479 g/mol. The highest BCUT2D eigenvalue weighted by Crippen LogP contribution is 2.46. The molecule has 3 heterocycles. The third-order valence-electron chi connectivity index (χ3n) is 8.24. The Labute approximate surface area is 197 Å². The van der Waals surface area contributed by atoms with Crippen molar-refractivity contribution in [3.8, 4) is 0 Å². The summed E-state index contributed by atoms with van der Waals surface area (Å²) in [5.41, 5.74) is -1.02. The van der Waals surface area contributed by atoms with Crippen molar-refractivity contribution in [1.29, 1.82) is 0 Å². The number of amides is 2. The summed E-state index contributed by atoms with van der Waals surface area (Å²) in [4.78, 5) is 30.7. The number of nitrogens with zero attached hydrogens (tertiary/aromatic N) is 3. The average molecular weight is 480 g/mol. The van der Waals surface area contributed by atoms with Crippen LogP contribution in [0.2, 0.25) is 0 Å². The van der Waals surface area contributed by atoms with E-state index in [0.29, 0.717) is 64.6 Å². The number of carbonyl (C=O) groups excluding carboxylic acids is 2. The molecule has 4 aliphatic rings. The fourth-order valence-electron chi connectivity index (χ4n) is 6.40. The first-order valence-corrected chi connectivity index (χ1v) is 12.4. The molecule has 0 bridgehead atoms. The van der Waals surface area contributed by atoms with E-state index in [1.807, 2.05) is 4.90 Å². The molecule has 1 aromatic carbocycles. The zero-order chi connectivity index (χ0) is 24.1. The van der Waals surface area contributed by atoms with Crippen molar-refractivity contribution in [3.63, 3.8) is 0 Å². The van der Waals surface area contributed by atoms with E-state index in [-0.39, 0.29) is 41.9 Å². The summed E-state index contributed by atoms with van der Waals surface area (Å²) in [5.74, 6) is -0.0869. The molecular formula is C25H32F3N3O3. The van der Waals surface area contributed by atoms with E-state index in [4.69, 9.17) is 0 Å². The molecule has 6 nitrogen and oxygen atoms in total. The van der Waals surface area contributed by atoms with E-state index in [1.165, 1.54) is 11.0 Å². The van der Waals surface area contributed by atoms with Crippen molar-refractivity contribution in [2.45, 2.75) is 76.1 Å². The Balaban J connectivity index is 1.39. The number of hydrogen-bond donors (Lipinski definition) is 1. The van der Waals surface area contributed by atoms with Gasteiger partial charge in [0.05, 0.1) is 17.1 Å². The molecule has 0 aromatic heterocycles. The Morgan fingerprint density at radius 3 is 2.41 bits per heavy atom. The predicted molar refractivity (Wildman–Crippen MR) is 122 cm³/mol. The number of benzene rings is 1. The first-order chi connectivity index (χ1) is 16.2. The van der Waals surface area contributed by atoms with E-state index in [2.05, 4.69) is 0 Å². The van der Waals surface area contributed by atoms with Gasteiger partial charge in [-0.25, -0.2) is 0 Å². The highest BCUT2D eigenvalue weighted by molar-refractivity contribution is 5.95. The lowest BCUT2D eigenvalue weighted by Gasteiger charge is -2.42. The molecule has 2 amide bonds. The van der Waals surface area contributed by atoms with Gasteiger partial charge in [0.1, 0.15) is 0 Å².